The van der Waals surface area contributed by atoms with Gasteiger partial charge < -0.3 is 5.32 Å². The molecule has 0 aromatic carbocycles. The number of rotatable bonds is 3. The van der Waals surface area contributed by atoms with E-state index in [0.717, 1.165) is 12.8 Å². The van der Waals surface area contributed by atoms with Gasteiger partial charge in [-0.3, -0.25) is 4.68 Å². The second kappa shape index (κ2) is 4.90. The van der Waals surface area contributed by atoms with Crippen LogP contribution in [-0.4, -0.2) is 37.5 Å². The van der Waals surface area contributed by atoms with Crippen molar-refractivity contribution in [1.82, 2.24) is 15.1 Å². The summed E-state index contributed by atoms with van der Waals surface area (Å²) >= 11 is 0. The maximum absolute atomic E-state index is 11.5. The Morgan fingerprint density at radius 1 is 1.47 bits per heavy atom. The Kier molecular flexibility index (Phi) is 3.75. The fraction of sp³-hybridized carbons (Fsp3) is 0.769. The van der Waals surface area contributed by atoms with Gasteiger partial charge in [0.05, 0.1) is 12.2 Å². The third kappa shape index (κ3) is 3.17. The lowest BCUT2D eigenvalue weighted by Gasteiger charge is -2.40. The van der Waals surface area contributed by atoms with Gasteiger partial charge >= 0.3 is 0 Å². The van der Waals surface area contributed by atoms with E-state index in [2.05, 4.69) is 24.3 Å². The number of likely N-dealkylation sites (N-methyl/N-ethyl adjacent to an activating group) is 1. The Labute approximate surface area is 115 Å². The highest BCUT2D eigenvalue weighted by Crippen LogP contribution is 2.40. The normalized spacial score (nSPS) is 27.4. The molecule has 19 heavy (non-hydrogen) atoms. The fourth-order valence-electron chi connectivity index (χ4n) is 2.86. The van der Waals surface area contributed by atoms with E-state index in [1.807, 2.05) is 11.7 Å². The summed E-state index contributed by atoms with van der Waals surface area (Å²) in [6.45, 7) is 4.51. The Hall–Kier alpha value is -0.880. The molecule has 108 valence electrons. The van der Waals surface area contributed by atoms with Crippen LogP contribution in [0.1, 0.15) is 39.2 Å². The zero-order chi connectivity index (χ0) is 14.3. The molecule has 2 rings (SSSR count). The number of hydrogen-bond donors (Lipinski definition) is 1. The number of nitrogens with one attached hydrogen (secondary N) is 1. The predicted octanol–water partition coefficient (Wildman–Crippen LogP) is 1.63. The van der Waals surface area contributed by atoms with Crippen LogP contribution in [0.15, 0.2) is 17.3 Å². The molecule has 1 aliphatic rings. The first-order valence-electron chi connectivity index (χ1n) is 6.64. The van der Waals surface area contributed by atoms with Gasteiger partial charge in [0.1, 0.15) is 4.90 Å². The van der Waals surface area contributed by atoms with Crippen molar-refractivity contribution in [2.24, 2.45) is 5.41 Å². The molecule has 1 heterocycles. The van der Waals surface area contributed by atoms with Crippen molar-refractivity contribution in [1.29, 1.82) is 0 Å². The molecule has 0 aliphatic heterocycles. The zero-order valence-electron chi connectivity index (χ0n) is 12.0. The maximum atomic E-state index is 11.5. The van der Waals surface area contributed by atoms with Crippen LogP contribution < -0.4 is 5.32 Å². The minimum atomic E-state index is -3.18. The van der Waals surface area contributed by atoms with Crippen LogP contribution >= 0.6 is 0 Å². The summed E-state index contributed by atoms with van der Waals surface area (Å²) in [5, 5.41) is 7.60. The van der Waals surface area contributed by atoms with Crippen molar-refractivity contribution in [2.75, 3.05) is 13.3 Å². The second-order valence-corrected chi connectivity index (χ2v) is 8.31. The van der Waals surface area contributed by atoms with E-state index < -0.39 is 9.84 Å². The van der Waals surface area contributed by atoms with Gasteiger partial charge in [-0.15, -0.1) is 0 Å². The van der Waals surface area contributed by atoms with E-state index in [9.17, 15) is 8.42 Å². The summed E-state index contributed by atoms with van der Waals surface area (Å²) < 4.78 is 24.9. The molecule has 1 aliphatic carbocycles. The van der Waals surface area contributed by atoms with Gasteiger partial charge in [0.2, 0.25) is 0 Å². The smallest absolute Gasteiger partial charge is 0.178 e. The molecule has 0 radical (unpaired) electrons. The highest BCUT2D eigenvalue weighted by molar-refractivity contribution is 7.90. The number of aromatic nitrogens is 2. The number of sulfone groups is 1. The Bertz CT molecular complexity index is 548. The molecule has 6 heteroatoms. The standard InChI is InChI=1S/C13H23N3O2S/c1-13(2)6-5-11(14-3)12(7-13)16-9-10(8-15-16)19(4,17)18/h8-9,11-12,14H,5-7H2,1-4H3. The van der Waals surface area contributed by atoms with Gasteiger partial charge in [0.25, 0.3) is 0 Å². The average molecular weight is 285 g/mol. The molecular formula is C13H23N3O2S. The minimum Gasteiger partial charge on any atom is -0.315 e. The minimum absolute atomic E-state index is 0.212. The van der Waals surface area contributed by atoms with Crippen molar-refractivity contribution in [3.05, 3.63) is 12.4 Å². The maximum Gasteiger partial charge on any atom is 0.178 e. The van der Waals surface area contributed by atoms with Gasteiger partial charge in [-0.05, 0) is 31.7 Å². The van der Waals surface area contributed by atoms with E-state index in [1.165, 1.54) is 18.9 Å². The molecule has 2 unspecified atom stereocenters. The predicted molar refractivity (Wildman–Crippen MR) is 74.9 cm³/mol. The summed E-state index contributed by atoms with van der Waals surface area (Å²) in [5.74, 6) is 0. The van der Waals surface area contributed by atoms with Gasteiger partial charge in [-0.1, -0.05) is 13.8 Å². The molecule has 1 N–H and O–H groups in total. The fourth-order valence-corrected chi connectivity index (χ4v) is 3.40. The summed E-state index contributed by atoms with van der Waals surface area (Å²) in [5.41, 5.74) is 0.273. The Morgan fingerprint density at radius 2 is 2.16 bits per heavy atom. The lowest BCUT2D eigenvalue weighted by molar-refractivity contribution is 0.138. The summed E-state index contributed by atoms with van der Waals surface area (Å²) in [7, 11) is -1.22. The monoisotopic (exact) mass is 285 g/mol. The highest BCUT2D eigenvalue weighted by atomic mass is 32.2. The molecule has 1 aromatic rings. The van der Waals surface area contributed by atoms with E-state index >= 15 is 0 Å². The van der Waals surface area contributed by atoms with Crippen LogP contribution in [0.2, 0.25) is 0 Å². The molecule has 1 fully saturated rings. The van der Waals surface area contributed by atoms with E-state index in [0.29, 0.717) is 10.9 Å². The van der Waals surface area contributed by atoms with Gasteiger partial charge in [-0.25, -0.2) is 8.42 Å². The average Bonchev–Trinajstić information content (AvgIpc) is 2.76. The zero-order valence-corrected chi connectivity index (χ0v) is 12.9. The molecule has 0 spiro atoms. The van der Waals surface area contributed by atoms with Crippen LogP contribution in [0.4, 0.5) is 0 Å². The van der Waals surface area contributed by atoms with Gasteiger partial charge in [0, 0.05) is 18.5 Å². The molecule has 0 bridgehead atoms. The topological polar surface area (TPSA) is 64.0 Å². The van der Waals surface area contributed by atoms with Crippen molar-refractivity contribution in [2.45, 2.75) is 50.1 Å². The molecule has 0 saturated heterocycles. The van der Waals surface area contributed by atoms with Crippen LogP contribution in [0.25, 0.3) is 0 Å². The molecule has 1 saturated carbocycles. The first-order valence-corrected chi connectivity index (χ1v) is 8.53. The van der Waals surface area contributed by atoms with E-state index in [4.69, 9.17) is 0 Å². The van der Waals surface area contributed by atoms with Gasteiger partial charge in [0.15, 0.2) is 9.84 Å². The highest BCUT2D eigenvalue weighted by Gasteiger charge is 2.35. The van der Waals surface area contributed by atoms with Crippen molar-refractivity contribution < 1.29 is 8.42 Å². The lowest BCUT2D eigenvalue weighted by Crippen LogP contribution is -2.42. The van der Waals surface area contributed by atoms with E-state index in [1.54, 1.807) is 6.20 Å². The largest absolute Gasteiger partial charge is 0.315 e. The van der Waals surface area contributed by atoms with Crippen molar-refractivity contribution >= 4 is 9.84 Å². The molecule has 2 atom stereocenters. The van der Waals surface area contributed by atoms with Crippen LogP contribution in [0, 0.1) is 5.41 Å². The van der Waals surface area contributed by atoms with Crippen LogP contribution in [0.5, 0.6) is 0 Å². The Balaban J connectivity index is 2.30. The molecular weight excluding hydrogens is 262 g/mol. The van der Waals surface area contributed by atoms with Gasteiger partial charge in [-0.2, -0.15) is 5.10 Å². The number of nitrogens with zero attached hydrogens (tertiary/aromatic N) is 2. The molecule has 1 aromatic heterocycles. The number of hydrogen-bond acceptors (Lipinski definition) is 4. The molecule has 0 amide bonds. The first-order chi connectivity index (χ1) is 8.73. The van der Waals surface area contributed by atoms with Crippen LogP contribution in [0.3, 0.4) is 0 Å². The summed E-state index contributed by atoms with van der Waals surface area (Å²) in [6.07, 6.45) is 7.59. The third-order valence-corrected chi connectivity index (χ3v) is 5.14. The molecule has 5 nitrogen and oxygen atoms in total. The van der Waals surface area contributed by atoms with E-state index in [-0.39, 0.29) is 11.5 Å². The quantitative estimate of drug-likeness (QED) is 0.916. The SMILES string of the molecule is CNC1CCC(C)(C)CC1n1cc(S(C)(=O)=O)cn1. The summed E-state index contributed by atoms with van der Waals surface area (Å²) in [6, 6.07) is 0.560. The summed E-state index contributed by atoms with van der Waals surface area (Å²) in [4.78, 5) is 0.297. The van der Waals surface area contributed by atoms with Crippen LogP contribution in [-0.2, 0) is 9.84 Å². The lowest BCUT2D eigenvalue weighted by atomic mass is 9.73. The first kappa shape index (κ1) is 14.5. The van der Waals surface area contributed by atoms with Crippen molar-refractivity contribution in [3.8, 4) is 0 Å². The van der Waals surface area contributed by atoms with Crippen molar-refractivity contribution in [3.63, 3.8) is 0 Å². The second-order valence-electron chi connectivity index (χ2n) is 6.30. The Morgan fingerprint density at radius 3 is 2.68 bits per heavy atom. The third-order valence-electron chi connectivity index (χ3n) is 4.07.